The molecule has 0 atom stereocenters. The van der Waals surface area contributed by atoms with Gasteiger partial charge in [-0.3, -0.25) is 14.5 Å². The number of sulfonamides is 1. The molecule has 1 N–H and O–H groups in total. The van der Waals surface area contributed by atoms with Crippen LogP contribution in [0.3, 0.4) is 0 Å². The highest BCUT2D eigenvalue weighted by atomic mass is 32.2. The number of nitrogens with one attached hydrogen (secondary N) is 1. The number of carbonyl (C=O) groups excluding carboxylic acids is 2. The fourth-order valence-electron chi connectivity index (χ4n) is 2.42. The molecule has 0 saturated carbocycles. The zero-order valence-electron chi connectivity index (χ0n) is 13.8. The smallest absolute Gasteiger partial charge is 0.325 e. The molecule has 1 saturated heterocycles. The Morgan fingerprint density at radius 1 is 1.20 bits per heavy atom. The summed E-state index contributed by atoms with van der Waals surface area (Å²) in [7, 11) is -2.67. The van der Waals surface area contributed by atoms with E-state index in [0.29, 0.717) is 13.1 Å². The van der Waals surface area contributed by atoms with Crippen LogP contribution in [0.1, 0.15) is 0 Å². The lowest BCUT2D eigenvalue weighted by Crippen LogP contribution is -2.51. The van der Waals surface area contributed by atoms with Gasteiger partial charge in [-0.25, -0.2) is 12.8 Å². The Kier molecular flexibility index (Phi) is 6.45. The van der Waals surface area contributed by atoms with Gasteiger partial charge in [-0.1, -0.05) is 12.1 Å². The summed E-state index contributed by atoms with van der Waals surface area (Å²) >= 11 is 0. The zero-order chi connectivity index (χ0) is 18.4. The van der Waals surface area contributed by atoms with Gasteiger partial charge >= 0.3 is 5.97 Å². The van der Waals surface area contributed by atoms with E-state index in [2.05, 4.69) is 10.1 Å². The van der Waals surface area contributed by atoms with Crippen molar-refractivity contribution in [3.63, 3.8) is 0 Å². The second-order valence-electron chi connectivity index (χ2n) is 5.46. The highest BCUT2D eigenvalue weighted by Gasteiger charge is 2.30. The number of piperazine rings is 1. The van der Waals surface area contributed by atoms with Crippen LogP contribution in [0.5, 0.6) is 0 Å². The SMILES string of the molecule is COC(=O)CNC(=O)CN1CCN(S(=O)(=O)c2ccccc2F)CC1. The maximum Gasteiger partial charge on any atom is 0.325 e. The lowest BCUT2D eigenvalue weighted by molar-refractivity contribution is -0.141. The van der Waals surface area contributed by atoms with E-state index in [1.54, 1.807) is 4.90 Å². The molecule has 0 radical (unpaired) electrons. The van der Waals surface area contributed by atoms with E-state index in [9.17, 15) is 22.4 Å². The lowest BCUT2D eigenvalue weighted by atomic mass is 10.3. The fourth-order valence-corrected chi connectivity index (χ4v) is 3.91. The van der Waals surface area contributed by atoms with Gasteiger partial charge in [-0.2, -0.15) is 4.31 Å². The predicted molar refractivity (Wildman–Crippen MR) is 86.6 cm³/mol. The van der Waals surface area contributed by atoms with Crippen molar-refractivity contribution in [2.45, 2.75) is 4.90 Å². The largest absolute Gasteiger partial charge is 0.468 e. The van der Waals surface area contributed by atoms with Crippen LogP contribution in [0.25, 0.3) is 0 Å². The first-order valence-electron chi connectivity index (χ1n) is 7.65. The summed E-state index contributed by atoms with van der Waals surface area (Å²) in [6.45, 7) is 0.808. The van der Waals surface area contributed by atoms with Crippen molar-refractivity contribution in [3.05, 3.63) is 30.1 Å². The molecule has 10 heteroatoms. The van der Waals surface area contributed by atoms with Crippen LogP contribution in [0.15, 0.2) is 29.2 Å². The number of ether oxygens (including phenoxy) is 1. The van der Waals surface area contributed by atoms with E-state index < -0.39 is 21.8 Å². The Balaban J connectivity index is 1.88. The topological polar surface area (TPSA) is 96.0 Å². The van der Waals surface area contributed by atoms with Crippen LogP contribution in [0, 0.1) is 5.82 Å². The standard InChI is InChI=1S/C15H20FN3O5S/c1-24-15(21)10-17-14(20)11-18-6-8-19(9-7-18)25(22,23)13-5-3-2-4-12(13)16/h2-5H,6-11H2,1H3,(H,17,20). The van der Waals surface area contributed by atoms with Crippen LogP contribution in [0.4, 0.5) is 4.39 Å². The maximum absolute atomic E-state index is 13.8. The van der Waals surface area contributed by atoms with Crippen molar-refractivity contribution in [2.75, 3.05) is 46.4 Å². The Morgan fingerprint density at radius 3 is 2.44 bits per heavy atom. The number of nitrogens with zero attached hydrogens (tertiary/aromatic N) is 2. The molecule has 8 nitrogen and oxygen atoms in total. The number of amides is 1. The molecule has 1 aliphatic heterocycles. The second kappa shape index (κ2) is 8.37. The number of esters is 1. The summed E-state index contributed by atoms with van der Waals surface area (Å²) in [5.74, 6) is -1.68. The van der Waals surface area contributed by atoms with E-state index >= 15 is 0 Å². The third kappa shape index (κ3) is 4.97. The third-order valence-corrected chi connectivity index (χ3v) is 5.74. The predicted octanol–water partition coefficient (Wildman–Crippen LogP) is -0.579. The van der Waals surface area contributed by atoms with Gasteiger partial charge in [0.05, 0.1) is 13.7 Å². The minimum absolute atomic E-state index is 0.0462. The van der Waals surface area contributed by atoms with E-state index in [1.165, 1.54) is 29.6 Å². The molecule has 0 aliphatic carbocycles. The van der Waals surface area contributed by atoms with Gasteiger partial charge in [0.2, 0.25) is 15.9 Å². The van der Waals surface area contributed by atoms with Gasteiger partial charge in [0.1, 0.15) is 17.3 Å². The first-order valence-corrected chi connectivity index (χ1v) is 9.09. The molecule has 0 unspecified atom stereocenters. The lowest BCUT2D eigenvalue weighted by Gasteiger charge is -2.33. The molecule has 1 fully saturated rings. The highest BCUT2D eigenvalue weighted by molar-refractivity contribution is 7.89. The first kappa shape index (κ1) is 19.3. The molecule has 1 aromatic carbocycles. The highest BCUT2D eigenvalue weighted by Crippen LogP contribution is 2.20. The molecule has 0 aromatic heterocycles. The number of methoxy groups -OCH3 is 1. The molecule has 1 aromatic rings. The number of carbonyl (C=O) groups is 2. The second-order valence-corrected chi connectivity index (χ2v) is 7.37. The van der Waals surface area contributed by atoms with E-state index in [0.717, 1.165) is 6.07 Å². The summed E-state index contributed by atoms with van der Waals surface area (Å²) in [6, 6.07) is 5.24. The zero-order valence-corrected chi connectivity index (χ0v) is 14.6. The van der Waals surface area contributed by atoms with Crippen molar-refractivity contribution in [2.24, 2.45) is 0 Å². The number of hydrogen-bond donors (Lipinski definition) is 1. The van der Waals surface area contributed by atoms with Gasteiger partial charge in [-0.05, 0) is 12.1 Å². The first-order chi connectivity index (χ1) is 11.8. The van der Waals surface area contributed by atoms with Gasteiger partial charge in [-0.15, -0.1) is 0 Å². The van der Waals surface area contributed by atoms with Gasteiger partial charge in [0.25, 0.3) is 0 Å². The van der Waals surface area contributed by atoms with Gasteiger partial charge in [0.15, 0.2) is 0 Å². The van der Waals surface area contributed by atoms with Crippen molar-refractivity contribution in [1.29, 1.82) is 0 Å². The van der Waals surface area contributed by atoms with Crippen LogP contribution < -0.4 is 5.32 Å². The monoisotopic (exact) mass is 373 g/mol. The summed E-state index contributed by atoms with van der Waals surface area (Å²) in [5.41, 5.74) is 0. The molecule has 0 bridgehead atoms. The number of rotatable bonds is 6. The van der Waals surface area contributed by atoms with Crippen LogP contribution in [0.2, 0.25) is 0 Å². The summed E-state index contributed by atoms with van der Waals surface area (Å²) in [4.78, 5) is 24.1. The Bertz CT molecular complexity index is 732. The molecular weight excluding hydrogens is 353 g/mol. The Labute approximate surface area is 145 Å². The average molecular weight is 373 g/mol. The molecule has 1 heterocycles. The third-order valence-electron chi connectivity index (χ3n) is 3.81. The normalized spacial score (nSPS) is 16.4. The summed E-state index contributed by atoms with van der Waals surface area (Å²) in [5, 5.41) is 2.42. The van der Waals surface area contributed by atoms with Crippen molar-refractivity contribution in [1.82, 2.24) is 14.5 Å². The number of hydrogen-bond acceptors (Lipinski definition) is 6. The number of benzene rings is 1. The van der Waals surface area contributed by atoms with Crippen molar-refractivity contribution >= 4 is 21.9 Å². The summed E-state index contributed by atoms with van der Waals surface area (Å²) in [6.07, 6.45) is 0. The molecule has 25 heavy (non-hydrogen) atoms. The summed E-state index contributed by atoms with van der Waals surface area (Å²) < 4.78 is 44.4. The van der Waals surface area contributed by atoms with Crippen LogP contribution in [-0.2, 0) is 24.3 Å². The fraction of sp³-hybridized carbons (Fsp3) is 0.467. The molecule has 1 aliphatic rings. The molecule has 2 rings (SSSR count). The molecule has 1 amide bonds. The van der Waals surface area contributed by atoms with Crippen LogP contribution in [-0.4, -0.2) is 75.9 Å². The minimum atomic E-state index is -3.90. The van der Waals surface area contributed by atoms with E-state index in [4.69, 9.17) is 0 Å². The van der Waals surface area contributed by atoms with Crippen molar-refractivity contribution in [3.8, 4) is 0 Å². The minimum Gasteiger partial charge on any atom is -0.468 e. The maximum atomic E-state index is 13.8. The number of halogens is 1. The van der Waals surface area contributed by atoms with Crippen LogP contribution >= 0.6 is 0 Å². The van der Waals surface area contributed by atoms with Crippen molar-refractivity contribution < 1.29 is 27.1 Å². The Hall–Kier alpha value is -2.04. The quantitative estimate of drug-likeness (QED) is 0.671. The van der Waals surface area contributed by atoms with E-state index in [-0.39, 0.29) is 37.0 Å². The molecule has 0 spiro atoms. The Morgan fingerprint density at radius 2 is 1.84 bits per heavy atom. The molecular formula is C15H20FN3O5S. The van der Waals surface area contributed by atoms with E-state index in [1.807, 2.05) is 0 Å². The average Bonchev–Trinajstić information content (AvgIpc) is 2.60. The van der Waals surface area contributed by atoms with Gasteiger partial charge in [0, 0.05) is 26.2 Å². The van der Waals surface area contributed by atoms with Gasteiger partial charge < -0.3 is 10.1 Å². The molecule has 138 valence electrons.